The molecule has 1 heterocycles. The Labute approximate surface area is 137 Å². The molecule has 1 aromatic carbocycles. The maximum absolute atomic E-state index is 11.6. The van der Waals surface area contributed by atoms with E-state index in [1.807, 2.05) is 20.8 Å². The Kier molecular flexibility index (Phi) is 4.95. The summed E-state index contributed by atoms with van der Waals surface area (Å²) in [6.07, 6.45) is 1.16. The third-order valence-corrected chi connectivity index (χ3v) is 3.74. The number of ether oxygens (including phenoxy) is 1. The van der Waals surface area contributed by atoms with Crippen molar-refractivity contribution in [2.45, 2.75) is 32.9 Å². The molecule has 0 saturated heterocycles. The highest BCUT2D eigenvalue weighted by Crippen LogP contribution is 2.28. The number of nitro groups is 1. The molecule has 7 nitrogen and oxygen atoms in total. The molecule has 8 heteroatoms. The van der Waals surface area contributed by atoms with Crippen LogP contribution in [-0.2, 0) is 11.3 Å². The minimum absolute atomic E-state index is 0.0423. The van der Waals surface area contributed by atoms with Crippen molar-refractivity contribution in [1.29, 1.82) is 0 Å². The van der Waals surface area contributed by atoms with E-state index >= 15 is 0 Å². The summed E-state index contributed by atoms with van der Waals surface area (Å²) in [6.45, 7) is 5.68. The quantitative estimate of drug-likeness (QED) is 0.678. The minimum atomic E-state index is -0.496. The summed E-state index contributed by atoms with van der Waals surface area (Å²) in [4.78, 5) is 26.8. The van der Waals surface area contributed by atoms with Crippen LogP contribution in [0.3, 0.4) is 0 Å². The molecular formula is C15H17N3O4S. The SMILES string of the molecule is CC(C)(C)NC(=O)OCc1ncc(-c2ccc([N+](=O)[O-])cc2)s1. The summed E-state index contributed by atoms with van der Waals surface area (Å²) >= 11 is 1.37. The second-order valence-electron chi connectivity index (χ2n) is 5.87. The van der Waals surface area contributed by atoms with Crippen LogP contribution in [0, 0.1) is 10.1 Å². The van der Waals surface area contributed by atoms with Crippen molar-refractivity contribution in [3.05, 3.63) is 45.6 Å². The van der Waals surface area contributed by atoms with Gasteiger partial charge in [0, 0.05) is 23.9 Å². The minimum Gasteiger partial charge on any atom is -0.442 e. The second kappa shape index (κ2) is 6.74. The van der Waals surface area contributed by atoms with Crippen molar-refractivity contribution in [3.63, 3.8) is 0 Å². The summed E-state index contributed by atoms with van der Waals surface area (Å²) < 4.78 is 5.11. The summed E-state index contributed by atoms with van der Waals surface area (Å²) in [7, 11) is 0. The van der Waals surface area contributed by atoms with Crippen LogP contribution in [0.2, 0.25) is 0 Å². The van der Waals surface area contributed by atoms with Gasteiger partial charge in [0.2, 0.25) is 0 Å². The van der Waals surface area contributed by atoms with Crippen molar-refractivity contribution in [1.82, 2.24) is 10.3 Å². The highest BCUT2D eigenvalue weighted by Gasteiger charge is 2.15. The molecule has 0 saturated carbocycles. The van der Waals surface area contributed by atoms with Gasteiger partial charge in [-0.15, -0.1) is 11.3 Å². The number of nitrogens with one attached hydrogen (secondary N) is 1. The Morgan fingerprint density at radius 2 is 2.00 bits per heavy atom. The molecule has 0 fully saturated rings. The lowest BCUT2D eigenvalue weighted by Gasteiger charge is -2.19. The number of nitrogens with zero attached hydrogens (tertiary/aromatic N) is 2. The topological polar surface area (TPSA) is 94.4 Å². The Morgan fingerprint density at radius 3 is 2.57 bits per heavy atom. The number of nitro benzene ring substituents is 1. The van der Waals surface area contributed by atoms with Crippen LogP contribution >= 0.6 is 11.3 Å². The van der Waals surface area contributed by atoms with Crippen molar-refractivity contribution in [3.8, 4) is 10.4 Å². The van der Waals surface area contributed by atoms with E-state index in [-0.39, 0.29) is 17.8 Å². The van der Waals surface area contributed by atoms with Crippen LogP contribution in [0.4, 0.5) is 10.5 Å². The predicted molar refractivity (Wildman–Crippen MR) is 87.3 cm³/mol. The molecule has 0 spiro atoms. The summed E-state index contributed by atoms with van der Waals surface area (Å²) in [5.41, 5.74) is 0.517. The molecule has 1 aromatic heterocycles. The molecule has 1 amide bonds. The predicted octanol–water partition coefficient (Wildman–Crippen LogP) is 3.74. The van der Waals surface area contributed by atoms with Crippen LogP contribution < -0.4 is 5.32 Å². The number of non-ortho nitro benzene ring substituents is 1. The molecular weight excluding hydrogens is 318 g/mol. The van der Waals surface area contributed by atoms with Gasteiger partial charge in [0.05, 0.1) is 9.80 Å². The van der Waals surface area contributed by atoms with Gasteiger partial charge in [-0.25, -0.2) is 9.78 Å². The largest absolute Gasteiger partial charge is 0.442 e. The zero-order chi connectivity index (χ0) is 17.0. The van der Waals surface area contributed by atoms with Gasteiger partial charge in [0.1, 0.15) is 11.6 Å². The molecule has 2 aromatic rings. The number of thiazole rings is 1. The maximum Gasteiger partial charge on any atom is 0.407 e. The van der Waals surface area contributed by atoms with Crippen molar-refractivity contribution in [2.24, 2.45) is 0 Å². The molecule has 0 atom stereocenters. The van der Waals surface area contributed by atoms with Crippen LogP contribution in [0.15, 0.2) is 30.5 Å². The smallest absolute Gasteiger partial charge is 0.407 e. The van der Waals surface area contributed by atoms with E-state index in [2.05, 4.69) is 10.3 Å². The molecule has 0 aliphatic heterocycles. The zero-order valence-corrected chi connectivity index (χ0v) is 13.8. The highest BCUT2D eigenvalue weighted by molar-refractivity contribution is 7.15. The van der Waals surface area contributed by atoms with Crippen molar-refractivity contribution in [2.75, 3.05) is 0 Å². The lowest BCUT2D eigenvalue weighted by Crippen LogP contribution is -2.40. The van der Waals surface area contributed by atoms with Crippen molar-refractivity contribution >= 4 is 23.1 Å². The molecule has 23 heavy (non-hydrogen) atoms. The van der Waals surface area contributed by atoms with E-state index in [4.69, 9.17) is 4.74 Å². The molecule has 0 aliphatic carbocycles. The number of hydrogen-bond acceptors (Lipinski definition) is 6. The number of alkyl carbamates (subject to hydrolysis) is 1. The number of benzene rings is 1. The van der Waals surface area contributed by atoms with Gasteiger partial charge in [-0.2, -0.15) is 0 Å². The first-order valence-corrected chi connectivity index (χ1v) is 7.71. The lowest BCUT2D eigenvalue weighted by molar-refractivity contribution is -0.384. The van der Waals surface area contributed by atoms with E-state index < -0.39 is 11.0 Å². The molecule has 2 rings (SSSR count). The first-order valence-electron chi connectivity index (χ1n) is 6.89. The average molecular weight is 335 g/mol. The van der Waals surface area contributed by atoms with Gasteiger partial charge >= 0.3 is 6.09 Å². The fraction of sp³-hybridized carbons (Fsp3) is 0.333. The standard InChI is InChI=1S/C15H17N3O4S/c1-15(2,3)17-14(19)22-9-13-16-8-12(23-13)10-4-6-11(7-5-10)18(20)21/h4-8H,9H2,1-3H3,(H,17,19). The number of carbonyl (C=O) groups excluding carboxylic acids is 1. The van der Waals surface area contributed by atoms with E-state index in [9.17, 15) is 14.9 Å². The van der Waals surface area contributed by atoms with Gasteiger partial charge in [0.25, 0.3) is 5.69 Å². The lowest BCUT2D eigenvalue weighted by atomic mass is 10.1. The molecule has 0 bridgehead atoms. The van der Waals surface area contributed by atoms with Crippen LogP contribution in [-0.4, -0.2) is 21.5 Å². The fourth-order valence-corrected chi connectivity index (χ4v) is 2.56. The first-order chi connectivity index (χ1) is 10.7. The Balaban J connectivity index is 1.98. The molecule has 0 unspecified atom stereocenters. The number of hydrogen-bond donors (Lipinski definition) is 1. The summed E-state index contributed by atoms with van der Waals surface area (Å²) in [5.74, 6) is 0. The van der Waals surface area contributed by atoms with Gasteiger partial charge < -0.3 is 10.1 Å². The van der Waals surface area contributed by atoms with Crippen LogP contribution in [0.5, 0.6) is 0 Å². The first kappa shape index (κ1) is 16.9. The zero-order valence-electron chi connectivity index (χ0n) is 13.0. The van der Waals surface area contributed by atoms with Crippen LogP contribution in [0.25, 0.3) is 10.4 Å². The monoisotopic (exact) mass is 335 g/mol. The number of rotatable bonds is 4. The third kappa shape index (κ3) is 5.03. The third-order valence-electron chi connectivity index (χ3n) is 2.72. The fourth-order valence-electron chi connectivity index (χ4n) is 1.73. The molecule has 0 radical (unpaired) electrons. The summed E-state index contributed by atoms with van der Waals surface area (Å²) in [5, 5.41) is 14.0. The Hall–Kier alpha value is -2.48. The highest BCUT2D eigenvalue weighted by atomic mass is 32.1. The average Bonchev–Trinajstić information content (AvgIpc) is 2.92. The number of aromatic nitrogens is 1. The number of amides is 1. The Morgan fingerprint density at radius 1 is 1.35 bits per heavy atom. The molecule has 1 N–H and O–H groups in total. The summed E-state index contributed by atoms with van der Waals surface area (Å²) in [6, 6.07) is 6.23. The van der Waals surface area contributed by atoms with E-state index in [1.165, 1.54) is 23.5 Å². The van der Waals surface area contributed by atoms with Gasteiger partial charge in [-0.3, -0.25) is 10.1 Å². The second-order valence-corrected chi connectivity index (χ2v) is 6.99. The molecule has 122 valence electrons. The molecule has 0 aliphatic rings. The van der Waals surface area contributed by atoms with Gasteiger partial charge in [0.15, 0.2) is 0 Å². The van der Waals surface area contributed by atoms with E-state index in [1.54, 1.807) is 18.3 Å². The maximum atomic E-state index is 11.6. The van der Waals surface area contributed by atoms with Crippen molar-refractivity contribution < 1.29 is 14.5 Å². The van der Waals surface area contributed by atoms with E-state index in [0.717, 1.165) is 10.4 Å². The van der Waals surface area contributed by atoms with E-state index in [0.29, 0.717) is 5.01 Å². The number of carbonyl (C=O) groups is 1. The van der Waals surface area contributed by atoms with Gasteiger partial charge in [-0.05, 0) is 38.5 Å². The van der Waals surface area contributed by atoms with Crippen LogP contribution in [0.1, 0.15) is 25.8 Å². The van der Waals surface area contributed by atoms with Gasteiger partial charge in [-0.1, -0.05) is 0 Å². The Bertz CT molecular complexity index is 704. The normalized spacial score (nSPS) is 11.1.